The number of hydrogen-bond donors (Lipinski definition) is 1. The second-order valence-electron chi connectivity index (χ2n) is 8.59. The lowest BCUT2D eigenvalue weighted by Gasteiger charge is -2.55. The molecule has 0 aliphatic heterocycles. The number of rotatable bonds is 4. The molecule has 1 amide bonds. The van der Waals surface area contributed by atoms with Gasteiger partial charge in [0, 0.05) is 12.2 Å². The molecule has 5 rings (SSSR count). The largest absolute Gasteiger partial charge is 0.326 e. The molecule has 4 bridgehead atoms. The molecule has 1 N–H and O–H groups in total. The predicted octanol–water partition coefficient (Wildman–Crippen LogP) is 3.90. The second-order valence-corrected chi connectivity index (χ2v) is 8.59. The van der Waals surface area contributed by atoms with E-state index in [1.54, 1.807) is 0 Å². The van der Waals surface area contributed by atoms with E-state index < -0.39 is 0 Å². The normalized spacial score (nSPS) is 34.8. The zero-order valence-electron chi connectivity index (χ0n) is 14.3. The van der Waals surface area contributed by atoms with Crippen LogP contribution in [-0.2, 0) is 11.3 Å². The highest BCUT2D eigenvalue weighted by Gasteiger charge is 2.54. The lowest BCUT2D eigenvalue weighted by atomic mass is 9.49. The third-order valence-electron chi connectivity index (χ3n) is 6.23. The predicted molar refractivity (Wildman–Crippen MR) is 93.1 cm³/mol. The zero-order valence-corrected chi connectivity index (χ0v) is 14.3. The minimum Gasteiger partial charge on any atom is -0.326 e. The summed E-state index contributed by atoms with van der Waals surface area (Å²) >= 11 is 0. The molecule has 3 heteroatoms. The van der Waals surface area contributed by atoms with Gasteiger partial charge in [0.15, 0.2) is 0 Å². The maximum Gasteiger partial charge on any atom is 0.230 e. The number of carbonyl (C=O) groups excluding carboxylic acids is 1. The monoisotopic (exact) mass is 312 g/mol. The average molecular weight is 312 g/mol. The van der Waals surface area contributed by atoms with E-state index in [4.69, 9.17) is 0 Å². The molecule has 0 heterocycles. The van der Waals surface area contributed by atoms with Crippen LogP contribution in [0, 0.1) is 23.2 Å². The molecule has 124 valence electrons. The van der Waals surface area contributed by atoms with E-state index in [9.17, 15) is 4.79 Å². The van der Waals surface area contributed by atoms with E-state index in [2.05, 4.69) is 48.6 Å². The SMILES string of the molecule is CN(C)Cc1ccc(NC(=O)C23CC4CC(CC(C4)C2)C3)cc1. The number of nitrogens with zero attached hydrogens (tertiary/aromatic N) is 1. The van der Waals surface area contributed by atoms with Crippen LogP contribution in [0.1, 0.15) is 44.1 Å². The minimum absolute atomic E-state index is 0.0585. The van der Waals surface area contributed by atoms with Gasteiger partial charge < -0.3 is 10.2 Å². The fourth-order valence-corrected chi connectivity index (χ4v) is 5.71. The lowest BCUT2D eigenvalue weighted by Crippen LogP contribution is -2.51. The first-order chi connectivity index (χ1) is 11.0. The molecular weight excluding hydrogens is 284 g/mol. The number of benzene rings is 1. The maximum absolute atomic E-state index is 13.0. The number of anilines is 1. The van der Waals surface area contributed by atoms with Crippen LogP contribution in [-0.4, -0.2) is 24.9 Å². The molecular formula is C20H28N2O. The van der Waals surface area contributed by atoms with Crippen molar-refractivity contribution >= 4 is 11.6 Å². The van der Waals surface area contributed by atoms with Crippen LogP contribution >= 0.6 is 0 Å². The van der Waals surface area contributed by atoms with Crippen molar-refractivity contribution in [2.45, 2.75) is 45.1 Å². The molecule has 4 fully saturated rings. The van der Waals surface area contributed by atoms with E-state index in [0.717, 1.165) is 49.2 Å². The Morgan fingerprint density at radius 1 is 1.04 bits per heavy atom. The molecule has 23 heavy (non-hydrogen) atoms. The third kappa shape index (κ3) is 2.91. The van der Waals surface area contributed by atoms with Gasteiger partial charge >= 0.3 is 0 Å². The lowest BCUT2D eigenvalue weighted by molar-refractivity contribution is -0.140. The van der Waals surface area contributed by atoms with Crippen LogP contribution in [0.25, 0.3) is 0 Å². The smallest absolute Gasteiger partial charge is 0.230 e. The van der Waals surface area contributed by atoms with Crippen LogP contribution in [0.5, 0.6) is 0 Å². The van der Waals surface area contributed by atoms with Gasteiger partial charge in [0.1, 0.15) is 0 Å². The second kappa shape index (κ2) is 5.62. The van der Waals surface area contributed by atoms with Crippen molar-refractivity contribution in [3.8, 4) is 0 Å². The van der Waals surface area contributed by atoms with Crippen molar-refractivity contribution in [1.82, 2.24) is 4.90 Å². The van der Waals surface area contributed by atoms with E-state index in [1.807, 2.05) is 0 Å². The van der Waals surface area contributed by atoms with Crippen molar-refractivity contribution in [1.29, 1.82) is 0 Å². The molecule has 3 nitrogen and oxygen atoms in total. The van der Waals surface area contributed by atoms with Gasteiger partial charge in [-0.05, 0) is 88.1 Å². The van der Waals surface area contributed by atoms with Gasteiger partial charge in [-0.3, -0.25) is 4.79 Å². The van der Waals surface area contributed by atoms with Crippen molar-refractivity contribution < 1.29 is 4.79 Å². The van der Waals surface area contributed by atoms with Crippen molar-refractivity contribution in [2.75, 3.05) is 19.4 Å². The summed E-state index contributed by atoms with van der Waals surface area (Å²) in [5.74, 6) is 2.73. The summed E-state index contributed by atoms with van der Waals surface area (Å²) in [6.07, 6.45) is 7.53. The van der Waals surface area contributed by atoms with Gasteiger partial charge in [-0.2, -0.15) is 0 Å². The average Bonchev–Trinajstić information content (AvgIpc) is 2.47. The van der Waals surface area contributed by atoms with E-state index >= 15 is 0 Å². The molecule has 0 saturated heterocycles. The highest BCUT2D eigenvalue weighted by atomic mass is 16.2. The minimum atomic E-state index is -0.0585. The molecule has 0 spiro atoms. The van der Waals surface area contributed by atoms with Gasteiger partial charge in [0.2, 0.25) is 5.91 Å². The quantitative estimate of drug-likeness (QED) is 0.914. The number of carbonyl (C=O) groups is 1. The topological polar surface area (TPSA) is 32.3 Å². The third-order valence-corrected chi connectivity index (χ3v) is 6.23. The number of hydrogen-bond acceptors (Lipinski definition) is 2. The molecule has 4 aliphatic carbocycles. The first-order valence-corrected chi connectivity index (χ1v) is 9.07. The Labute approximate surface area is 139 Å². The van der Waals surface area contributed by atoms with Gasteiger partial charge in [-0.15, -0.1) is 0 Å². The first-order valence-electron chi connectivity index (χ1n) is 9.07. The Kier molecular flexibility index (Phi) is 3.72. The van der Waals surface area contributed by atoms with Crippen molar-refractivity contribution in [2.24, 2.45) is 23.2 Å². The van der Waals surface area contributed by atoms with Gasteiger partial charge in [-0.1, -0.05) is 12.1 Å². The zero-order chi connectivity index (χ0) is 16.0. The molecule has 0 unspecified atom stereocenters. The van der Waals surface area contributed by atoms with Crippen LogP contribution in [0.15, 0.2) is 24.3 Å². The highest BCUT2D eigenvalue weighted by Crippen LogP contribution is 2.60. The number of nitrogens with one attached hydrogen (secondary N) is 1. The van der Waals surface area contributed by atoms with E-state index in [1.165, 1.54) is 24.8 Å². The Morgan fingerprint density at radius 3 is 2.04 bits per heavy atom. The van der Waals surface area contributed by atoms with Gasteiger partial charge in [-0.25, -0.2) is 0 Å². The summed E-state index contributed by atoms with van der Waals surface area (Å²) in [6.45, 7) is 0.934. The molecule has 1 aromatic carbocycles. The molecule has 0 atom stereocenters. The van der Waals surface area contributed by atoms with Gasteiger partial charge in [0.05, 0.1) is 5.41 Å². The maximum atomic E-state index is 13.0. The summed E-state index contributed by atoms with van der Waals surface area (Å²) in [4.78, 5) is 15.2. The molecule has 0 radical (unpaired) electrons. The Balaban J connectivity index is 1.45. The molecule has 0 aromatic heterocycles. The molecule has 1 aromatic rings. The van der Waals surface area contributed by atoms with Crippen LogP contribution in [0.2, 0.25) is 0 Å². The molecule has 4 aliphatic rings. The summed E-state index contributed by atoms with van der Waals surface area (Å²) in [6, 6.07) is 8.35. The number of amides is 1. The van der Waals surface area contributed by atoms with E-state index in [0.29, 0.717) is 0 Å². The highest BCUT2D eigenvalue weighted by molar-refractivity contribution is 5.95. The van der Waals surface area contributed by atoms with Gasteiger partial charge in [0.25, 0.3) is 0 Å². The first kappa shape index (κ1) is 15.2. The Bertz CT molecular complexity index is 555. The van der Waals surface area contributed by atoms with Crippen LogP contribution < -0.4 is 5.32 Å². The Hall–Kier alpha value is -1.35. The summed E-state index contributed by atoms with van der Waals surface area (Å²) < 4.78 is 0. The summed E-state index contributed by atoms with van der Waals surface area (Å²) in [7, 11) is 4.14. The molecule has 4 saturated carbocycles. The Morgan fingerprint density at radius 2 is 1.57 bits per heavy atom. The van der Waals surface area contributed by atoms with Crippen molar-refractivity contribution in [3.63, 3.8) is 0 Å². The fourth-order valence-electron chi connectivity index (χ4n) is 5.71. The summed E-state index contributed by atoms with van der Waals surface area (Å²) in [5, 5.41) is 3.23. The van der Waals surface area contributed by atoms with Crippen LogP contribution in [0.3, 0.4) is 0 Å². The standard InChI is InChI=1S/C20H28N2O/c1-22(2)13-14-3-5-18(6-4-14)21-19(23)20-10-15-7-16(11-20)9-17(8-15)12-20/h3-6,15-17H,7-13H2,1-2H3,(H,21,23). The van der Waals surface area contributed by atoms with Crippen molar-refractivity contribution in [3.05, 3.63) is 29.8 Å². The summed E-state index contributed by atoms with van der Waals surface area (Å²) in [5.41, 5.74) is 2.17. The van der Waals surface area contributed by atoms with Crippen LogP contribution in [0.4, 0.5) is 5.69 Å². The van der Waals surface area contributed by atoms with E-state index in [-0.39, 0.29) is 11.3 Å². The fraction of sp³-hybridized carbons (Fsp3) is 0.650.